The molecule has 1 aromatic carbocycles. The number of nitrogens with one attached hydrogen (secondary N) is 2. The summed E-state index contributed by atoms with van der Waals surface area (Å²) in [7, 11) is 0. The minimum atomic E-state index is -0.612. The number of H-pyrrole nitrogens is 1. The number of halogens is 1. The molecule has 84 valence electrons. The number of hydrogen-bond donors (Lipinski definition) is 3. The predicted octanol–water partition coefficient (Wildman–Crippen LogP) is 0.939. The number of phenols is 1. The van der Waals surface area contributed by atoms with Gasteiger partial charge in [0, 0.05) is 6.54 Å². The van der Waals surface area contributed by atoms with Gasteiger partial charge in [-0.05, 0) is 17.7 Å². The second kappa shape index (κ2) is 4.71. The minimum Gasteiger partial charge on any atom is -0.505 e. The molecule has 0 saturated heterocycles. The molecule has 0 spiro atoms. The standard InChI is InChI=1S/C10H11FN4O/c11-8-3-7(1-2-9(8)16)4-12-5-10-13-6-14-15-10/h1-3,6,12,16H,4-5H2,(H,13,14,15). The summed E-state index contributed by atoms with van der Waals surface area (Å²) in [4.78, 5) is 3.94. The van der Waals surface area contributed by atoms with Crippen LogP contribution in [0.2, 0.25) is 0 Å². The van der Waals surface area contributed by atoms with Crippen LogP contribution in [-0.2, 0) is 13.1 Å². The van der Waals surface area contributed by atoms with Gasteiger partial charge in [-0.15, -0.1) is 0 Å². The average molecular weight is 222 g/mol. The highest BCUT2D eigenvalue weighted by Gasteiger charge is 2.01. The van der Waals surface area contributed by atoms with Gasteiger partial charge in [-0.1, -0.05) is 6.07 Å². The molecule has 2 rings (SSSR count). The number of nitrogens with zero attached hydrogens (tertiary/aromatic N) is 2. The van der Waals surface area contributed by atoms with Gasteiger partial charge in [0.05, 0.1) is 6.54 Å². The largest absolute Gasteiger partial charge is 0.505 e. The van der Waals surface area contributed by atoms with Gasteiger partial charge in [0.1, 0.15) is 12.2 Å². The molecule has 0 unspecified atom stereocenters. The van der Waals surface area contributed by atoms with Crippen LogP contribution in [0.25, 0.3) is 0 Å². The van der Waals surface area contributed by atoms with Gasteiger partial charge in [0.15, 0.2) is 11.6 Å². The molecule has 0 amide bonds. The number of aromatic hydroxyl groups is 1. The first kappa shape index (κ1) is 10.6. The molecule has 0 aliphatic heterocycles. The predicted molar refractivity (Wildman–Crippen MR) is 55.0 cm³/mol. The minimum absolute atomic E-state index is 0.334. The Morgan fingerprint density at radius 1 is 1.38 bits per heavy atom. The van der Waals surface area contributed by atoms with Crippen molar-refractivity contribution in [3.05, 3.63) is 41.7 Å². The topological polar surface area (TPSA) is 73.8 Å². The van der Waals surface area contributed by atoms with Crippen molar-refractivity contribution in [3.63, 3.8) is 0 Å². The maximum Gasteiger partial charge on any atom is 0.165 e. The van der Waals surface area contributed by atoms with Crippen molar-refractivity contribution in [2.45, 2.75) is 13.1 Å². The van der Waals surface area contributed by atoms with Gasteiger partial charge in [0.2, 0.25) is 0 Å². The Hall–Kier alpha value is -1.95. The zero-order valence-electron chi connectivity index (χ0n) is 8.44. The molecule has 6 heteroatoms. The van der Waals surface area contributed by atoms with Crippen LogP contribution in [0, 0.1) is 5.82 Å². The average Bonchev–Trinajstić information content (AvgIpc) is 2.76. The Morgan fingerprint density at radius 2 is 2.25 bits per heavy atom. The SMILES string of the molecule is Oc1ccc(CNCc2ncn[nH]2)cc1F. The molecular formula is C10H11FN4O. The second-order valence-corrected chi connectivity index (χ2v) is 3.32. The van der Waals surface area contributed by atoms with E-state index in [2.05, 4.69) is 20.5 Å². The van der Waals surface area contributed by atoms with Crippen LogP contribution in [-0.4, -0.2) is 20.3 Å². The van der Waals surface area contributed by atoms with Gasteiger partial charge in [-0.25, -0.2) is 9.37 Å². The van der Waals surface area contributed by atoms with Crippen molar-refractivity contribution in [2.75, 3.05) is 0 Å². The van der Waals surface area contributed by atoms with Crippen LogP contribution < -0.4 is 5.32 Å². The summed E-state index contributed by atoms with van der Waals surface area (Å²) in [5.41, 5.74) is 0.759. The molecule has 0 bridgehead atoms. The highest BCUT2D eigenvalue weighted by atomic mass is 19.1. The lowest BCUT2D eigenvalue weighted by atomic mass is 10.2. The van der Waals surface area contributed by atoms with Gasteiger partial charge < -0.3 is 10.4 Å². The van der Waals surface area contributed by atoms with Crippen molar-refractivity contribution in [2.24, 2.45) is 0 Å². The maximum absolute atomic E-state index is 13.0. The van der Waals surface area contributed by atoms with E-state index in [1.165, 1.54) is 18.5 Å². The number of benzene rings is 1. The summed E-state index contributed by atoms with van der Waals surface area (Å²) < 4.78 is 13.0. The number of hydrogen-bond acceptors (Lipinski definition) is 4. The highest BCUT2D eigenvalue weighted by molar-refractivity contribution is 5.27. The van der Waals surface area contributed by atoms with E-state index in [9.17, 15) is 4.39 Å². The molecule has 0 aliphatic carbocycles. The van der Waals surface area contributed by atoms with Crippen LogP contribution in [0.15, 0.2) is 24.5 Å². The Bertz CT molecular complexity index is 458. The molecule has 0 radical (unpaired) electrons. The molecule has 1 heterocycles. The van der Waals surface area contributed by atoms with Crippen LogP contribution >= 0.6 is 0 Å². The zero-order chi connectivity index (χ0) is 11.4. The summed E-state index contributed by atoms with van der Waals surface area (Å²) in [6.45, 7) is 1.03. The number of aromatic nitrogens is 3. The molecule has 0 aliphatic rings. The highest BCUT2D eigenvalue weighted by Crippen LogP contribution is 2.15. The molecule has 3 N–H and O–H groups in total. The fourth-order valence-corrected chi connectivity index (χ4v) is 1.30. The zero-order valence-corrected chi connectivity index (χ0v) is 8.44. The monoisotopic (exact) mass is 222 g/mol. The molecule has 1 aromatic heterocycles. The lowest BCUT2D eigenvalue weighted by Crippen LogP contribution is -2.13. The van der Waals surface area contributed by atoms with E-state index in [1.807, 2.05) is 0 Å². The summed E-state index contributed by atoms with van der Waals surface area (Å²) in [6.07, 6.45) is 1.43. The van der Waals surface area contributed by atoms with E-state index in [4.69, 9.17) is 5.11 Å². The van der Waals surface area contributed by atoms with Crippen molar-refractivity contribution in [3.8, 4) is 5.75 Å². The Labute approximate surface area is 91.3 Å². The van der Waals surface area contributed by atoms with Crippen molar-refractivity contribution in [1.82, 2.24) is 20.5 Å². The van der Waals surface area contributed by atoms with E-state index in [0.717, 1.165) is 11.4 Å². The first-order valence-electron chi connectivity index (χ1n) is 4.78. The molecular weight excluding hydrogens is 211 g/mol. The summed E-state index contributed by atoms with van der Waals surface area (Å²) in [5, 5.41) is 18.5. The Balaban J connectivity index is 1.87. The van der Waals surface area contributed by atoms with Gasteiger partial charge >= 0.3 is 0 Å². The Kier molecular flexibility index (Phi) is 3.11. The summed E-state index contributed by atoms with van der Waals surface area (Å²) in [5.74, 6) is -0.225. The molecule has 0 fully saturated rings. The summed E-state index contributed by atoms with van der Waals surface area (Å²) in [6, 6.07) is 4.29. The first-order valence-corrected chi connectivity index (χ1v) is 4.78. The fourth-order valence-electron chi connectivity index (χ4n) is 1.30. The van der Waals surface area contributed by atoms with Crippen molar-refractivity contribution >= 4 is 0 Å². The van der Waals surface area contributed by atoms with Crippen molar-refractivity contribution in [1.29, 1.82) is 0 Å². The second-order valence-electron chi connectivity index (χ2n) is 3.32. The third kappa shape index (κ3) is 2.54. The number of rotatable bonds is 4. The van der Waals surface area contributed by atoms with Gasteiger partial charge in [0.25, 0.3) is 0 Å². The molecule has 5 nitrogen and oxygen atoms in total. The van der Waals surface area contributed by atoms with Crippen molar-refractivity contribution < 1.29 is 9.50 Å². The Morgan fingerprint density at radius 3 is 2.94 bits per heavy atom. The molecule has 2 aromatic rings. The van der Waals surface area contributed by atoms with Crippen LogP contribution in [0.3, 0.4) is 0 Å². The number of phenolic OH excluding ortho intramolecular Hbond substituents is 1. The quantitative estimate of drug-likeness (QED) is 0.719. The molecule has 16 heavy (non-hydrogen) atoms. The smallest absolute Gasteiger partial charge is 0.165 e. The molecule has 0 saturated carbocycles. The van der Waals surface area contributed by atoms with Gasteiger partial charge in [-0.3, -0.25) is 5.10 Å². The van der Waals surface area contributed by atoms with Gasteiger partial charge in [-0.2, -0.15) is 5.10 Å². The van der Waals surface area contributed by atoms with Crippen LogP contribution in [0.4, 0.5) is 4.39 Å². The van der Waals surface area contributed by atoms with E-state index in [0.29, 0.717) is 13.1 Å². The van der Waals surface area contributed by atoms with E-state index >= 15 is 0 Å². The van der Waals surface area contributed by atoms with E-state index < -0.39 is 5.82 Å². The third-order valence-electron chi connectivity index (χ3n) is 2.10. The van der Waals surface area contributed by atoms with Crippen LogP contribution in [0.5, 0.6) is 5.75 Å². The normalized spacial score (nSPS) is 10.6. The summed E-state index contributed by atoms with van der Waals surface area (Å²) >= 11 is 0. The maximum atomic E-state index is 13.0. The molecule has 0 atom stereocenters. The first-order chi connectivity index (χ1) is 7.75. The lowest BCUT2D eigenvalue weighted by Gasteiger charge is -2.03. The third-order valence-corrected chi connectivity index (χ3v) is 2.10. The fraction of sp³-hybridized carbons (Fsp3) is 0.200. The lowest BCUT2D eigenvalue weighted by molar-refractivity contribution is 0.431. The van der Waals surface area contributed by atoms with E-state index in [1.54, 1.807) is 6.07 Å². The van der Waals surface area contributed by atoms with Crippen LogP contribution in [0.1, 0.15) is 11.4 Å². The number of aromatic amines is 1. The van der Waals surface area contributed by atoms with E-state index in [-0.39, 0.29) is 5.75 Å².